The van der Waals surface area contributed by atoms with Gasteiger partial charge in [0.2, 0.25) is 11.9 Å². The molecule has 0 spiro atoms. The van der Waals surface area contributed by atoms with Crippen LogP contribution in [0.15, 0.2) is 36.5 Å². The van der Waals surface area contributed by atoms with Gasteiger partial charge in [0.25, 0.3) is 0 Å². The molecule has 0 saturated heterocycles. The van der Waals surface area contributed by atoms with Gasteiger partial charge in [-0.1, -0.05) is 18.2 Å². The lowest BCUT2D eigenvalue weighted by atomic mass is 9.97. The maximum absolute atomic E-state index is 12.3. The topological polar surface area (TPSA) is 66.9 Å². The Morgan fingerprint density at radius 3 is 2.80 bits per heavy atom. The Bertz CT molecular complexity index is 764. The molecule has 1 atom stereocenters. The van der Waals surface area contributed by atoms with E-state index in [4.69, 9.17) is 0 Å². The SMILES string of the molecule is O=C1Nc2ccccc2C1CCNc1nccc(CCC(F)(F)F)n1. The Hall–Kier alpha value is -2.64. The molecular weight excluding hydrogens is 333 g/mol. The van der Waals surface area contributed by atoms with Crippen LogP contribution in [0, 0.1) is 0 Å². The number of benzene rings is 1. The van der Waals surface area contributed by atoms with E-state index in [-0.39, 0.29) is 24.2 Å². The van der Waals surface area contributed by atoms with Crippen LogP contribution in [0.5, 0.6) is 0 Å². The molecule has 2 heterocycles. The first kappa shape index (κ1) is 17.2. The number of hydrogen-bond donors (Lipinski definition) is 2. The van der Waals surface area contributed by atoms with Crippen molar-refractivity contribution in [2.45, 2.75) is 31.4 Å². The molecule has 1 aliphatic heterocycles. The number of hydrogen-bond acceptors (Lipinski definition) is 4. The molecule has 1 aliphatic rings. The van der Waals surface area contributed by atoms with E-state index < -0.39 is 12.6 Å². The van der Waals surface area contributed by atoms with E-state index in [0.29, 0.717) is 18.7 Å². The second-order valence-corrected chi connectivity index (χ2v) is 5.83. The quantitative estimate of drug-likeness (QED) is 0.837. The first-order valence-corrected chi connectivity index (χ1v) is 7.95. The maximum Gasteiger partial charge on any atom is 0.389 e. The van der Waals surface area contributed by atoms with Gasteiger partial charge in [0.05, 0.1) is 5.92 Å². The maximum atomic E-state index is 12.3. The van der Waals surface area contributed by atoms with Crippen molar-refractivity contribution in [1.82, 2.24) is 9.97 Å². The Balaban J connectivity index is 1.55. The summed E-state index contributed by atoms with van der Waals surface area (Å²) in [7, 11) is 0. The van der Waals surface area contributed by atoms with Crippen molar-refractivity contribution in [1.29, 1.82) is 0 Å². The number of amides is 1. The summed E-state index contributed by atoms with van der Waals surface area (Å²) in [4.78, 5) is 20.1. The molecule has 0 saturated carbocycles. The number of alkyl halides is 3. The molecule has 0 bridgehead atoms. The normalized spacial score (nSPS) is 16.4. The molecule has 1 amide bonds. The summed E-state index contributed by atoms with van der Waals surface area (Å²) >= 11 is 0. The van der Waals surface area contributed by atoms with Crippen molar-refractivity contribution >= 4 is 17.5 Å². The summed E-state index contributed by atoms with van der Waals surface area (Å²) in [5.41, 5.74) is 2.11. The summed E-state index contributed by atoms with van der Waals surface area (Å²) in [5.74, 6) is -0.0358. The molecule has 2 aromatic rings. The third-order valence-electron chi connectivity index (χ3n) is 4.00. The number of rotatable bonds is 6. The van der Waals surface area contributed by atoms with Gasteiger partial charge in [0.15, 0.2) is 0 Å². The van der Waals surface area contributed by atoms with E-state index >= 15 is 0 Å². The van der Waals surface area contributed by atoms with Crippen LogP contribution in [0.1, 0.15) is 30.0 Å². The van der Waals surface area contributed by atoms with Crippen molar-refractivity contribution in [3.63, 3.8) is 0 Å². The van der Waals surface area contributed by atoms with Gasteiger partial charge in [-0.25, -0.2) is 9.97 Å². The lowest BCUT2D eigenvalue weighted by Gasteiger charge is -2.10. The van der Waals surface area contributed by atoms with Crippen LogP contribution >= 0.6 is 0 Å². The van der Waals surface area contributed by atoms with Crippen molar-refractivity contribution in [3.05, 3.63) is 47.8 Å². The summed E-state index contributed by atoms with van der Waals surface area (Å²) in [6.45, 7) is 0.440. The van der Waals surface area contributed by atoms with Gasteiger partial charge in [-0.05, 0) is 30.5 Å². The minimum atomic E-state index is -4.21. The predicted molar refractivity (Wildman–Crippen MR) is 87.3 cm³/mol. The third-order valence-corrected chi connectivity index (χ3v) is 4.00. The smallest absolute Gasteiger partial charge is 0.354 e. The van der Waals surface area contributed by atoms with Crippen molar-refractivity contribution in [2.24, 2.45) is 0 Å². The monoisotopic (exact) mass is 350 g/mol. The van der Waals surface area contributed by atoms with Gasteiger partial charge in [-0.2, -0.15) is 13.2 Å². The molecule has 0 radical (unpaired) electrons. The standard InChI is InChI=1S/C17H17F3N4O/c18-17(19,20)8-5-11-6-9-21-16(23-11)22-10-7-13-12-3-1-2-4-14(12)24-15(13)25/h1-4,6,9,13H,5,7-8,10H2,(H,24,25)(H,21,22,23). The van der Waals surface area contributed by atoms with Crippen LogP contribution in [0.3, 0.4) is 0 Å². The molecule has 1 aromatic heterocycles. The van der Waals surface area contributed by atoms with Crippen molar-refractivity contribution in [3.8, 4) is 0 Å². The van der Waals surface area contributed by atoms with Gasteiger partial charge in [-0.3, -0.25) is 4.79 Å². The zero-order valence-electron chi connectivity index (χ0n) is 13.3. The Morgan fingerprint density at radius 1 is 1.20 bits per heavy atom. The van der Waals surface area contributed by atoms with Gasteiger partial charge in [0, 0.05) is 30.5 Å². The predicted octanol–water partition coefficient (Wildman–Crippen LogP) is 3.51. The summed E-state index contributed by atoms with van der Waals surface area (Å²) in [6, 6.07) is 8.98. The van der Waals surface area contributed by atoms with Crippen molar-refractivity contribution in [2.75, 3.05) is 17.2 Å². The second kappa shape index (κ2) is 7.08. The number of fused-ring (bicyclic) bond motifs is 1. The van der Waals surface area contributed by atoms with E-state index in [0.717, 1.165) is 11.3 Å². The van der Waals surface area contributed by atoms with E-state index in [1.807, 2.05) is 24.3 Å². The third kappa shape index (κ3) is 4.46. The van der Waals surface area contributed by atoms with Crippen molar-refractivity contribution < 1.29 is 18.0 Å². The molecule has 2 N–H and O–H groups in total. The number of anilines is 2. The Kier molecular flexibility index (Phi) is 4.87. The van der Waals surface area contributed by atoms with Crippen LogP contribution in [0.25, 0.3) is 0 Å². The average molecular weight is 350 g/mol. The highest BCUT2D eigenvalue weighted by Gasteiger charge is 2.29. The molecule has 1 aromatic carbocycles. The van der Waals surface area contributed by atoms with Crippen LogP contribution in [-0.2, 0) is 11.2 Å². The number of halogens is 3. The second-order valence-electron chi connectivity index (χ2n) is 5.83. The highest BCUT2D eigenvalue weighted by molar-refractivity contribution is 6.02. The number of para-hydroxylation sites is 1. The molecule has 25 heavy (non-hydrogen) atoms. The Labute approximate surface area is 142 Å². The molecular formula is C17H17F3N4O. The van der Waals surface area contributed by atoms with Gasteiger partial charge in [0.1, 0.15) is 0 Å². The molecule has 132 valence electrons. The lowest BCUT2D eigenvalue weighted by Crippen LogP contribution is -2.16. The number of nitrogens with one attached hydrogen (secondary N) is 2. The average Bonchev–Trinajstić information content (AvgIpc) is 2.89. The van der Waals surface area contributed by atoms with Gasteiger partial charge >= 0.3 is 6.18 Å². The highest BCUT2D eigenvalue weighted by Crippen LogP contribution is 2.34. The fourth-order valence-electron chi connectivity index (χ4n) is 2.78. The zero-order valence-corrected chi connectivity index (χ0v) is 13.3. The molecule has 8 heteroatoms. The van der Waals surface area contributed by atoms with Gasteiger partial charge < -0.3 is 10.6 Å². The number of aryl methyl sites for hydroxylation is 1. The summed E-state index contributed by atoms with van der Waals surface area (Å²) < 4.78 is 36.8. The minimum Gasteiger partial charge on any atom is -0.354 e. The Morgan fingerprint density at radius 2 is 2.00 bits per heavy atom. The fourth-order valence-corrected chi connectivity index (χ4v) is 2.78. The first-order valence-electron chi connectivity index (χ1n) is 7.95. The lowest BCUT2D eigenvalue weighted by molar-refractivity contribution is -0.134. The van der Waals surface area contributed by atoms with Gasteiger partial charge in [-0.15, -0.1) is 0 Å². The number of carbonyl (C=O) groups is 1. The number of nitrogens with zero attached hydrogens (tertiary/aromatic N) is 2. The molecule has 5 nitrogen and oxygen atoms in total. The van der Waals surface area contributed by atoms with E-state index in [2.05, 4.69) is 20.6 Å². The summed E-state index contributed by atoms with van der Waals surface area (Å²) in [5, 5.41) is 5.81. The van der Waals surface area contributed by atoms with Crippen LogP contribution in [0.4, 0.5) is 24.8 Å². The summed E-state index contributed by atoms with van der Waals surface area (Å²) in [6.07, 6.45) is -3.33. The minimum absolute atomic E-state index is 0.0529. The zero-order chi connectivity index (χ0) is 17.9. The molecule has 0 fully saturated rings. The van der Waals surface area contributed by atoms with E-state index in [9.17, 15) is 18.0 Å². The van der Waals surface area contributed by atoms with Crippen LogP contribution in [-0.4, -0.2) is 28.6 Å². The van der Waals surface area contributed by atoms with E-state index in [1.165, 1.54) is 12.3 Å². The number of carbonyl (C=O) groups excluding carboxylic acids is 1. The molecule has 1 unspecified atom stereocenters. The first-order chi connectivity index (χ1) is 11.9. The fraction of sp³-hybridized carbons (Fsp3) is 0.353. The largest absolute Gasteiger partial charge is 0.389 e. The number of aromatic nitrogens is 2. The highest BCUT2D eigenvalue weighted by atomic mass is 19.4. The molecule has 0 aliphatic carbocycles. The van der Waals surface area contributed by atoms with E-state index in [1.54, 1.807) is 0 Å². The van der Waals surface area contributed by atoms with Crippen LogP contribution < -0.4 is 10.6 Å². The molecule has 3 rings (SSSR count). The van der Waals surface area contributed by atoms with Crippen LogP contribution in [0.2, 0.25) is 0 Å².